The highest BCUT2D eigenvalue weighted by molar-refractivity contribution is 5.44. The van der Waals surface area contributed by atoms with E-state index in [-0.39, 0.29) is 0 Å². The largest absolute Gasteiger partial charge is 0.350 e. The second-order valence-corrected chi connectivity index (χ2v) is 6.28. The van der Waals surface area contributed by atoms with E-state index in [0.29, 0.717) is 18.5 Å². The highest BCUT2D eigenvalue weighted by atomic mass is 15.2. The van der Waals surface area contributed by atoms with Crippen LogP contribution in [-0.2, 0) is 13.1 Å². The van der Waals surface area contributed by atoms with Crippen LogP contribution in [0, 0.1) is 0 Å². The molecule has 4 heteroatoms. The first-order valence-electron chi connectivity index (χ1n) is 8.64. The molecule has 0 spiro atoms. The van der Waals surface area contributed by atoms with Crippen LogP contribution in [0.2, 0.25) is 0 Å². The SMILES string of the molecule is CC(C)N(Cc1ccccc1)c1ccnc(NCc2ccccc2)n1. The van der Waals surface area contributed by atoms with Crippen LogP contribution in [0.5, 0.6) is 0 Å². The molecule has 0 saturated heterocycles. The van der Waals surface area contributed by atoms with Crippen molar-refractivity contribution in [1.82, 2.24) is 9.97 Å². The Labute approximate surface area is 149 Å². The maximum atomic E-state index is 4.71. The first-order chi connectivity index (χ1) is 12.2. The highest BCUT2D eigenvalue weighted by Gasteiger charge is 2.13. The minimum atomic E-state index is 0.345. The van der Waals surface area contributed by atoms with Gasteiger partial charge in [-0.3, -0.25) is 0 Å². The summed E-state index contributed by atoms with van der Waals surface area (Å²) >= 11 is 0. The fraction of sp³-hybridized carbons (Fsp3) is 0.238. The van der Waals surface area contributed by atoms with Crippen molar-refractivity contribution >= 4 is 11.8 Å². The van der Waals surface area contributed by atoms with E-state index >= 15 is 0 Å². The van der Waals surface area contributed by atoms with Gasteiger partial charge in [0.15, 0.2) is 0 Å². The van der Waals surface area contributed by atoms with Crippen LogP contribution in [0.15, 0.2) is 72.9 Å². The molecule has 0 atom stereocenters. The topological polar surface area (TPSA) is 41.1 Å². The number of nitrogens with one attached hydrogen (secondary N) is 1. The van der Waals surface area contributed by atoms with Crippen LogP contribution in [0.4, 0.5) is 11.8 Å². The van der Waals surface area contributed by atoms with Crippen molar-refractivity contribution < 1.29 is 0 Å². The molecule has 1 heterocycles. The molecule has 25 heavy (non-hydrogen) atoms. The molecule has 0 bridgehead atoms. The molecule has 0 saturated carbocycles. The van der Waals surface area contributed by atoms with Gasteiger partial charge in [0.25, 0.3) is 0 Å². The summed E-state index contributed by atoms with van der Waals surface area (Å²) in [5.41, 5.74) is 2.48. The van der Waals surface area contributed by atoms with E-state index in [0.717, 1.165) is 12.4 Å². The van der Waals surface area contributed by atoms with Gasteiger partial charge >= 0.3 is 0 Å². The molecular formula is C21H24N4. The first kappa shape index (κ1) is 17.0. The van der Waals surface area contributed by atoms with Crippen molar-refractivity contribution in [3.05, 3.63) is 84.1 Å². The molecule has 3 rings (SSSR count). The number of anilines is 2. The Morgan fingerprint density at radius 3 is 2.16 bits per heavy atom. The zero-order valence-electron chi connectivity index (χ0n) is 14.8. The Balaban J connectivity index is 1.73. The van der Waals surface area contributed by atoms with Crippen LogP contribution >= 0.6 is 0 Å². The zero-order chi connectivity index (χ0) is 17.5. The quantitative estimate of drug-likeness (QED) is 0.691. The lowest BCUT2D eigenvalue weighted by molar-refractivity contribution is 0.671. The molecule has 4 nitrogen and oxygen atoms in total. The third-order valence-corrected chi connectivity index (χ3v) is 4.05. The monoisotopic (exact) mass is 332 g/mol. The molecule has 1 aromatic heterocycles. The van der Waals surface area contributed by atoms with E-state index in [1.807, 2.05) is 36.5 Å². The van der Waals surface area contributed by atoms with Gasteiger partial charge in [0.1, 0.15) is 5.82 Å². The second-order valence-electron chi connectivity index (χ2n) is 6.28. The highest BCUT2D eigenvalue weighted by Crippen LogP contribution is 2.19. The van der Waals surface area contributed by atoms with Crippen LogP contribution in [0.3, 0.4) is 0 Å². The predicted octanol–water partition coefficient (Wildman–Crippen LogP) is 4.50. The van der Waals surface area contributed by atoms with Gasteiger partial charge in [0, 0.05) is 25.3 Å². The average Bonchev–Trinajstić information content (AvgIpc) is 2.66. The number of benzene rings is 2. The number of aromatic nitrogens is 2. The minimum Gasteiger partial charge on any atom is -0.350 e. The maximum absolute atomic E-state index is 4.71. The van der Waals surface area contributed by atoms with Crippen LogP contribution < -0.4 is 10.2 Å². The number of rotatable bonds is 7. The van der Waals surface area contributed by atoms with Crippen molar-refractivity contribution in [1.29, 1.82) is 0 Å². The van der Waals surface area contributed by atoms with Crippen LogP contribution in [0.25, 0.3) is 0 Å². The average molecular weight is 332 g/mol. The Morgan fingerprint density at radius 2 is 1.52 bits per heavy atom. The maximum Gasteiger partial charge on any atom is 0.224 e. The van der Waals surface area contributed by atoms with E-state index in [2.05, 4.69) is 65.4 Å². The second kappa shape index (κ2) is 8.29. The van der Waals surface area contributed by atoms with E-state index in [9.17, 15) is 0 Å². The molecule has 0 aliphatic rings. The third-order valence-electron chi connectivity index (χ3n) is 4.05. The summed E-state index contributed by atoms with van der Waals surface area (Å²) in [4.78, 5) is 11.3. The molecule has 0 aliphatic carbocycles. The molecular weight excluding hydrogens is 308 g/mol. The summed E-state index contributed by atoms with van der Waals surface area (Å²) in [5, 5.41) is 3.31. The van der Waals surface area contributed by atoms with Gasteiger partial charge in [-0.25, -0.2) is 4.98 Å². The van der Waals surface area contributed by atoms with Crippen molar-refractivity contribution in [2.75, 3.05) is 10.2 Å². The lowest BCUT2D eigenvalue weighted by atomic mass is 10.2. The summed E-state index contributed by atoms with van der Waals surface area (Å²) < 4.78 is 0. The summed E-state index contributed by atoms with van der Waals surface area (Å²) in [7, 11) is 0. The van der Waals surface area contributed by atoms with Gasteiger partial charge in [-0.1, -0.05) is 60.7 Å². The molecule has 2 aromatic carbocycles. The van der Waals surface area contributed by atoms with Gasteiger partial charge < -0.3 is 10.2 Å². The van der Waals surface area contributed by atoms with Crippen molar-refractivity contribution in [3.8, 4) is 0 Å². The summed E-state index contributed by atoms with van der Waals surface area (Å²) in [6, 6.07) is 23.1. The lowest BCUT2D eigenvalue weighted by Gasteiger charge is -2.28. The normalized spacial score (nSPS) is 10.7. The van der Waals surface area contributed by atoms with E-state index in [1.54, 1.807) is 0 Å². The van der Waals surface area contributed by atoms with Gasteiger partial charge in [0.05, 0.1) is 0 Å². The molecule has 1 N–H and O–H groups in total. The fourth-order valence-corrected chi connectivity index (χ4v) is 2.68. The standard InChI is InChI=1S/C21H24N4/c1-17(2)25(16-19-11-7-4-8-12-19)20-13-14-22-21(24-20)23-15-18-9-5-3-6-10-18/h3-14,17H,15-16H2,1-2H3,(H,22,23,24). The van der Waals surface area contributed by atoms with Crippen molar-refractivity contribution in [2.45, 2.75) is 33.0 Å². The van der Waals surface area contributed by atoms with Gasteiger partial charge in [-0.05, 0) is 31.0 Å². The Bertz CT molecular complexity index is 772. The minimum absolute atomic E-state index is 0.345. The van der Waals surface area contributed by atoms with Crippen LogP contribution in [-0.4, -0.2) is 16.0 Å². The van der Waals surface area contributed by atoms with E-state index < -0.39 is 0 Å². The number of hydrogen-bond donors (Lipinski definition) is 1. The summed E-state index contributed by atoms with van der Waals surface area (Å²) in [5.74, 6) is 1.59. The first-order valence-corrected chi connectivity index (χ1v) is 8.64. The Kier molecular flexibility index (Phi) is 5.62. The van der Waals surface area contributed by atoms with E-state index in [4.69, 9.17) is 4.98 Å². The van der Waals surface area contributed by atoms with Crippen LogP contribution in [0.1, 0.15) is 25.0 Å². The molecule has 0 unspecified atom stereocenters. The Morgan fingerprint density at radius 1 is 0.880 bits per heavy atom. The molecule has 0 amide bonds. The summed E-state index contributed by atoms with van der Waals surface area (Å²) in [6.45, 7) is 5.91. The lowest BCUT2D eigenvalue weighted by Crippen LogP contribution is -2.31. The van der Waals surface area contributed by atoms with Gasteiger partial charge in [-0.15, -0.1) is 0 Å². The van der Waals surface area contributed by atoms with Gasteiger partial charge in [0.2, 0.25) is 5.95 Å². The molecule has 128 valence electrons. The zero-order valence-corrected chi connectivity index (χ0v) is 14.8. The van der Waals surface area contributed by atoms with E-state index in [1.165, 1.54) is 11.1 Å². The molecule has 3 aromatic rings. The van der Waals surface area contributed by atoms with Crippen molar-refractivity contribution in [2.24, 2.45) is 0 Å². The third kappa shape index (κ3) is 4.80. The number of nitrogens with zero attached hydrogens (tertiary/aromatic N) is 3. The van der Waals surface area contributed by atoms with Crippen molar-refractivity contribution in [3.63, 3.8) is 0 Å². The fourth-order valence-electron chi connectivity index (χ4n) is 2.68. The smallest absolute Gasteiger partial charge is 0.224 e. The van der Waals surface area contributed by atoms with Gasteiger partial charge in [-0.2, -0.15) is 4.98 Å². The molecule has 0 fully saturated rings. The molecule has 0 radical (unpaired) electrons. The predicted molar refractivity (Wildman–Crippen MR) is 104 cm³/mol. The summed E-state index contributed by atoms with van der Waals surface area (Å²) in [6.07, 6.45) is 1.82. The Hall–Kier alpha value is -2.88. The number of hydrogen-bond acceptors (Lipinski definition) is 4. The molecule has 0 aliphatic heterocycles.